The van der Waals surface area contributed by atoms with Crippen molar-refractivity contribution in [2.24, 2.45) is 5.73 Å². The van der Waals surface area contributed by atoms with E-state index in [1.54, 1.807) is 19.1 Å². The lowest BCUT2D eigenvalue weighted by molar-refractivity contribution is -0.118. The Morgan fingerprint density at radius 1 is 1.37 bits per heavy atom. The highest BCUT2D eigenvalue weighted by Crippen LogP contribution is 2.33. The molecular formula is C15H24N2O2. The van der Waals surface area contributed by atoms with Gasteiger partial charge < -0.3 is 15.4 Å². The van der Waals surface area contributed by atoms with Crippen LogP contribution in [0.4, 0.5) is 5.69 Å². The molecule has 0 aliphatic heterocycles. The van der Waals surface area contributed by atoms with E-state index in [1.165, 1.54) is 0 Å². The van der Waals surface area contributed by atoms with Crippen molar-refractivity contribution in [1.82, 2.24) is 0 Å². The number of benzene rings is 1. The Morgan fingerprint density at radius 3 is 2.42 bits per heavy atom. The Morgan fingerprint density at radius 2 is 1.95 bits per heavy atom. The van der Waals surface area contributed by atoms with Crippen LogP contribution >= 0.6 is 0 Å². The number of aryl methyl sites for hydroxylation is 1. The van der Waals surface area contributed by atoms with Crippen molar-refractivity contribution >= 4 is 11.6 Å². The molecule has 0 aromatic heterocycles. The summed E-state index contributed by atoms with van der Waals surface area (Å²) in [5.41, 5.74) is 9.76. The van der Waals surface area contributed by atoms with Crippen LogP contribution in [0, 0.1) is 20.8 Å². The molecule has 1 unspecified atom stereocenters. The second-order valence-electron chi connectivity index (χ2n) is 5.13. The maximum Gasteiger partial charge on any atom is 0.228 e. The van der Waals surface area contributed by atoms with Gasteiger partial charge in [0.15, 0.2) is 0 Å². The van der Waals surface area contributed by atoms with Crippen LogP contribution in [-0.4, -0.2) is 26.1 Å². The average molecular weight is 264 g/mol. The van der Waals surface area contributed by atoms with Gasteiger partial charge in [0.05, 0.1) is 7.11 Å². The molecule has 0 radical (unpaired) electrons. The van der Waals surface area contributed by atoms with E-state index in [9.17, 15) is 4.79 Å². The molecule has 4 nitrogen and oxygen atoms in total. The fourth-order valence-electron chi connectivity index (χ4n) is 2.25. The predicted octanol–water partition coefficient (Wildman–Crippen LogP) is 2.32. The van der Waals surface area contributed by atoms with E-state index in [-0.39, 0.29) is 11.9 Å². The predicted molar refractivity (Wildman–Crippen MR) is 78.9 cm³/mol. The first-order valence-electron chi connectivity index (χ1n) is 6.46. The average Bonchev–Trinajstić information content (AvgIpc) is 2.32. The van der Waals surface area contributed by atoms with Gasteiger partial charge in [0.2, 0.25) is 5.91 Å². The molecule has 1 amide bonds. The number of amides is 1. The van der Waals surface area contributed by atoms with E-state index in [2.05, 4.69) is 0 Å². The van der Waals surface area contributed by atoms with Crippen LogP contribution in [0.25, 0.3) is 0 Å². The van der Waals surface area contributed by atoms with Gasteiger partial charge in [-0.25, -0.2) is 0 Å². The smallest absolute Gasteiger partial charge is 0.228 e. The van der Waals surface area contributed by atoms with Gasteiger partial charge in [-0.05, 0) is 50.5 Å². The number of methoxy groups -OCH3 is 1. The van der Waals surface area contributed by atoms with Gasteiger partial charge in [-0.2, -0.15) is 0 Å². The van der Waals surface area contributed by atoms with E-state index in [0.29, 0.717) is 6.42 Å². The van der Waals surface area contributed by atoms with Gasteiger partial charge in [-0.3, -0.25) is 4.79 Å². The maximum atomic E-state index is 12.1. The lowest BCUT2D eigenvalue weighted by Gasteiger charge is -2.23. The molecule has 106 valence electrons. The van der Waals surface area contributed by atoms with Crippen LogP contribution in [0.5, 0.6) is 5.75 Å². The van der Waals surface area contributed by atoms with Crippen molar-refractivity contribution in [2.75, 3.05) is 19.1 Å². The number of carbonyl (C=O) groups excluding carboxylic acids is 1. The standard InChI is InChI=1S/C15H24N2O2/c1-9-7-13(11(3)12(4)15(9)19-6)17(5)14(18)8-10(2)16/h7,10H,8,16H2,1-6H3. The number of nitrogens with zero attached hydrogens (tertiary/aromatic N) is 1. The Hall–Kier alpha value is -1.55. The van der Waals surface area contributed by atoms with Gasteiger partial charge in [0, 0.05) is 25.2 Å². The number of hydrogen-bond donors (Lipinski definition) is 1. The molecule has 0 aliphatic rings. The van der Waals surface area contributed by atoms with Crippen LogP contribution in [0.15, 0.2) is 6.07 Å². The molecule has 0 saturated carbocycles. The molecule has 0 fully saturated rings. The summed E-state index contributed by atoms with van der Waals surface area (Å²) in [6, 6.07) is 1.86. The zero-order valence-corrected chi connectivity index (χ0v) is 12.7. The third-order valence-corrected chi connectivity index (χ3v) is 3.43. The van der Waals surface area contributed by atoms with Gasteiger partial charge in [-0.15, -0.1) is 0 Å². The van der Waals surface area contributed by atoms with E-state index in [0.717, 1.165) is 28.1 Å². The number of ether oxygens (including phenoxy) is 1. The van der Waals surface area contributed by atoms with Crippen molar-refractivity contribution in [3.05, 3.63) is 22.8 Å². The van der Waals surface area contributed by atoms with Crippen molar-refractivity contribution in [3.63, 3.8) is 0 Å². The molecule has 0 aliphatic carbocycles. The number of hydrogen-bond acceptors (Lipinski definition) is 3. The molecule has 0 heterocycles. The first kappa shape index (κ1) is 15.5. The van der Waals surface area contributed by atoms with Gasteiger partial charge in [0.25, 0.3) is 0 Å². The molecule has 0 spiro atoms. The normalized spacial score (nSPS) is 12.2. The third kappa shape index (κ3) is 3.26. The molecule has 4 heteroatoms. The van der Waals surface area contributed by atoms with Crippen molar-refractivity contribution in [3.8, 4) is 5.75 Å². The molecule has 0 saturated heterocycles. The molecular weight excluding hydrogens is 240 g/mol. The summed E-state index contributed by atoms with van der Waals surface area (Å²) < 4.78 is 5.39. The summed E-state index contributed by atoms with van der Waals surface area (Å²) in [5, 5.41) is 0. The molecule has 1 rings (SSSR count). The number of rotatable bonds is 4. The van der Waals surface area contributed by atoms with Gasteiger partial charge in [0.1, 0.15) is 5.75 Å². The Balaban J connectivity index is 3.18. The lowest BCUT2D eigenvalue weighted by Crippen LogP contribution is -2.32. The first-order chi connectivity index (χ1) is 8.79. The molecule has 2 N–H and O–H groups in total. The van der Waals surface area contributed by atoms with Crippen LogP contribution in [0.1, 0.15) is 30.0 Å². The third-order valence-electron chi connectivity index (χ3n) is 3.43. The largest absolute Gasteiger partial charge is 0.496 e. The number of carbonyl (C=O) groups is 1. The fraction of sp³-hybridized carbons (Fsp3) is 0.533. The van der Waals surface area contributed by atoms with Crippen LogP contribution in [-0.2, 0) is 4.79 Å². The Kier molecular flexibility index (Phi) is 4.95. The van der Waals surface area contributed by atoms with Crippen LogP contribution < -0.4 is 15.4 Å². The van der Waals surface area contributed by atoms with E-state index < -0.39 is 0 Å². The Bertz CT molecular complexity index is 482. The van der Waals surface area contributed by atoms with E-state index >= 15 is 0 Å². The quantitative estimate of drug-likeness (QED) is 0.908. The van der Waals surface area contributed by atoms with Crippen molar-refractivity contribution in [2.45, 2.75) is 40.2 Å². The zero-order chi connectivity index (χ0) is 14.7. The Labute approximate surface area is 115 Å². The van der Waals surface area contributed by atoms with Crippen LogP contribution in [0.2, 0.25) is 0 Å². The minimum absolute atomic E-state index is 0.0297. The number of nitrogens with two attached hydrogens (primary N) is 1. The fourth-order valence-corrected chi connectivity index (χ4v) is 2.25. The van der Waals surface area contributed by atoms with E-state index in [4.69, 9.17) is 10.5 Å². The summed E-state index contributed by atoms with van der Waals surface area (Å²) >= 11 is 0. The summed E-state index contributed by atoms with van der Waals surface area (Å²) in [4.78, 5) is 13.8. The summed E-state index contributed by atoms with van der Waals surface area (Å²) in [6.07, 6.45) is 0.347. The van der Waals surface area contributed by atoms with Crippen molar-refractivity contribution < 1.29 is 9.53 Å². The highest BCUT2D eigenvalue weighted by molar-refractivity contribution is 5.94. The molecule has 0 bridgehead atoms. The molecule has 1 aromatic carbocycles. The van der Waals surface area contributed by atoms with Crippen LogP contribution in [0.3, 0.4) is 0 Å². The van der Waals surface area contributed by atoms with E-state index in [1.807, 2.05) is 33.8 Å². The molecule has 1 aromatic rings. The minimum atomic E-state index is -0.129. The molecule has 19 heavy (non-hydrogen) atoms. The zero-order valence-electron chi connectivity index (χ0n) is 12.7. The highest BCUT2D eigenvalue weighted by atomic mass is 16.5. The van der Waals surface area contributed by atoms with Gasteiger partial charge >= 0.3 is 0 Å². The first-order valence-corrected chi connectivity index (χ1v) is 6.46. The second-order valence-corrected chi connectivity index (χ2v) is 5.13. The SMILES string of the molecule is COc1c(C)cc(N(C)C(=O)CC(C)N)c(C)c1C. The second kappa shape index (κ2) is 6.06. The summed E-state index contributed by atoms with van der Waals surface area (Å²) in [6.45, 7) is 7.83. The van der Waals surface area contributed by atoms with Crippen molar-refractivity contribution in [1.29, 1.82) is 0 Å². The summed E-state index contributed by atoms with van der Waals surface area (Å²) in [7, 11) is 3.46. The molecule has 1 atom stereocenters. The van der Waals surface area contributed by atoms with Gasteiger partial charge in [-0.1, -0.05) is 0 Å². The highest BCUT2D eigenvalue weighted by Gasteiger charge is 2.18. The summed E-state index contributed by atoms with van der Waals surface area (Å²) in [5.74, 6) is 0.913. The monoisotopic (exact) mass is 264 g/mol. The minimum Gasteiger partial charge on any atom is -0.496 e. The number of anilines is 1. The maximum absolute atomic E-state index is 12.1. The lowest BCUT2D eigenvalue weighted by atomic mass is 10.0. The topological polar surface area (TPSA) is 55.6 Å².